The van der Waals surface area contributed by atoms with Gasteiger partial charge in [-0.15, -0.1) is 0 Å². The molecule has 0 atom stereocenters. The average molecular weight is 477 g/mol. The number of carbonyl (C=O) groups is 1. The van der Waals surface area contributed by atoms with Crippen molar-refractivity contribution in [3.05, 3.63) is 65.2 Å². The predicted molar refractivity (Wildman–Crippen MR) is 144 cm³/mol. The Hall–Kier alpha value is -3.01. The molecule has 0 amide bonds. The zero-order valence-electron chi connectivity index (χ0n) is 21.8. The van der Waals surface area contributed by atoms with Crippen molar-refractivity contribution in [1.29, 1.82) is 0 Å². The van der Waals surface area contributed by atoms with Crippen LogP contribution in [0.25, 0.3) is 10.8 Å². The van der Waals surface area contributed by atoms with Crippen LogP contribution in [0.1, 0.15) is 86.7 Å². The topological polar surface area (TPSA) is 44.8 Å². The molecule has 4 heteroatoms. The van der Waals surface area contributed by atoms with Crippen LogP contribution in [0.5, 0.6) is 17.2 Å². The van der Waals surface area contributed by atoms with E-state index in [2.05, 4.69) is 26.8 Å². The molecule has 0 aliphatic rings. The normalized spacial score (nSPS) is 11.0. The largest absolute Gasteiger partial charge is 0.493 e. The van der Waals surface area contributed by atoms with Gasteiger partial charge < -0.3 is 14.2 Å². The first-order chi connectivity index (χ1) is 17.0. The summed E-state index contributed by atoms with van der Waals surface area (Å²) < 4.78 is 18.3. The second-order valence-corrected chi connectivity index (χ2v) is 9.27. The molecular formula is C31H40O4. The zero-order valence-corrected chi connectivity index (χ0v) is 21.8. The third kappa shape index (κ3) is 7.48. The van der Waals surface area contributed by atoms with Crippen LogP contribution >= 0.6 is 0 Å². The second kappa shape index (κ2) is 13.8. The molecule has 3 aromatic rings. The molecule has 0 saturated heterocycles. The lowest BCUT2D eigenvalue weighted by Crippen LogP contribution is -2.13. The highest BCUT2D eigenvalue weighted by atomic mass is 16.5. The van der Waals surface area contributed by atoms with Crippen molar-refractivity contribution in [1.82, 2.24) is 0 Å². The maximum Gasteiger partial charge on any atom is 0.347 e. The van der Waals surface area contributed by atoms with E-state index in [0.717, 1.165) is 47.6 Å². The van der Waals surface area contributed by atoms with E-state index in [1.807, 2.05) is 49.4 Å². The summed E-state index contributed by atoms with van der Waals surface area (Å²) >= 11 is 0. The van der Waals surface area contributed by atoms with Gasteiger partial charge in [-0.1, -0.05) is 88.3 Å². The van der Waals surface area contributed by atoms with E-state index in [1.54, 1.807) is 0 Å². The fourth-order valence-corrected chi connectivity index (χ4v) is 4.15. The standard InChI is InChI=1S/C31H40O4/c1-5-7-9-13-19-33-29-22-27(31(32)35-28-16-12-11-15-24(28)4)30(34-20-14-10-8-6-2)25-18-17-23(3)21-26(25)29/h11-12,15-18,21-22H,5-10,13-14,19-20H2,1-4H3. The number of aryl methyl sites for hydroxylation is 2. The SMILES string of the molecule is CCCCCCOc1cc(C(=O)Oc2ccccc2C)c(OCCCCCC)c2ccc(C)cc12. The van der Waals surface area contributed by atoms with Gasteiger partial charge in [-0.2, -0.15) is 0 Å². The molecule has 0 bridgehead atoms. The van der Waals surface area contributed by atoms with Crippen LogP contribution in [0.2, 0.25) is 0 Å². The minimum absolute atomic E-state index is 0.406. The number of carbonyl (C=O) groups excluding carboxylic acids is 1. The Kier molecular flexibility index (Phi) is 10.5. The first kappa shape index (κ1) is 26.6. The van der Waals surface area contributed by atoms with Crippen molar-refractivity contribution >= 4 is 16.7 Å². The number of ether oxygens (including phenoxy) is 3. The number of esters is 1. The number of rotatable bonds is 14. The third-order valence-electron chi connectivity index (χ3n) is 6.22. The van der Waals surface area contributed by atoms with Crippen LogP contribution in [0, 0.1) is 13.8 Å². The van der Waals surface area contributed by atoms with Crippen molar-refractivity contribution in [3.63, 3.8) is 0 Å². The smallest absolute Gasteiger partial charge is 0.347 e. The predicted octanol–water partition coefficient (Wildman–Crippen LogP) is 8.59. The van der Waals surface area contributed by atoms with E-state index in [4.69, 9.17) is 14.2 Å². The van der Waals surface area contributed by atoms with Crippen LogP contribution < -0.4 is 14.2 Å². The lowest BCUT2D eigenvalue weighted by atomic mass is 10.0. The Balaban J connectivity index is 1.98. The molecule has 3 aromatic carbocycles. The van der Waals surface area contributed by atoms with Crippen molar-refractivity contribution in [2.24, 2.45) is 0 Å². The summed E-state index contributed by atoms with van der Waals surface area (Å²) in [7, 11) is 0. The molecule has 0 N–H and O–H groups in total. The van der Waals surface area contributed by atoms with E-state index in [9.17, 15) is 4.79 Å². The van der Waals surface area contributed by atoms with Crippen molar-refractivity contribution in [2.75, 3.05) is 13.2 Å². The maximum atomic E-state index is 13.4. The van der Waals surface area contributed by atoms with Gasteiger partial charge in [-0.25, -0.2) is 4.79 Å². The van der Waals surface area contributed by atoms with Gasteiger partial charge in [0.1, 0.15) is 22.8 Å². The molecule has 35 heavy (non-hydrogen) atoms. The van der Waals surface area contributed by atoms with Gasteiger partial charge in [0.05, 0.1) is 13.2 Å². The number of para-hydroxylation sites is 1. The van der Waals surface area contributed by atoms with Crippen molar-refractivity contribution in [3.8, 4) is 17.2 Å². The zero-order chi connectivity index (χ0) is 25.0. The molecule has 3 rings (SSSR count). The molecule has 0 saturated carbocycles. The summed E-state index contributed by atoms with van der Waals surface area (Å²) in [6.07, 6.45) is 8.90. The van der Waals surface area contributed by atoms with Gasteiger partial charge in [-0.05, 0) is 50.5 Å². The summed E-state index contributed by atoms with van der Waals surface area (Å²) in [5.41, 5.74) is 2.45. The minimum Gasteiger partial charge on any atom is -0.493 e. The monoisotopic (exact) mass is 476 g/mol. The van der Waals surface area contributed by atoms with Gasteiger partial charge in [0.2, 0.25) is 0 Å². The second-order valence-electron chi connectivity index (χ2n) is 9.27. The van der Waals surface area contributed by atoms with Gasteiger partial charge in [0.25, 0.3) is 0 Å². The highest BCUT2D eigenvalue weighted by Crippen LogP contribution is 2.38. The molecule has 0 radical (unpaired) electrons. The number of hydrogen-bond acceptors (Lipinski definition) is 4. The number of hydrogen-bond donors (Lipinski definition) is 0. The van der Waals surface area contributed by atoms with Crippen LogP contribution in [0.15, 0.2) is 48.5 Å². The lowest BCUT2D eigenvalue weighted by Gasteiger charge is -2.18. The van der Waals surface area contributed by atoms with Crippen LogP contribution in [0.4, 0.5) is 0 Å². The molecule has 0 spiro atoms. The van der Waals surface area contributed by atoms with Crippen LogP contribution in [0.3, 0.4) is 0 Å². The molecule has 0 aliphatic carbocycles. The summed E-state index contributed by atoms with van der Waals surface area (Å²) in [4.78, 5) is 13.4. The molecule has 0 heterocycles. The number of unbranched alkanes of at least 4 members (excludes halogenated alkanes) is 6. The molecule has 188 valence electrons. The highest BCUT2D eigenvalue weighted by Gasteiger charge is 2.22. The number of benzene rings is 3. The minimum atomic E-state index is -0.429. The van der Waals surface area contributed by atoms with Crippen molar-refractivity contribution in [2.45, 2.75) is 79.1 Å². The fraction of sp³-hybridized carbons (Fsp3) is 0.452. The summed E-state index contributed by atoms with van der Waals surface area (Å²) in [5, 5.41) is 1.85. The Morgan fingerprint density at radius 2 is 1.40 bits per heavy atom. The average Bonchev–Trinajstić information content (AvgIpc) is 2.85. The van der Waals surface area contributed by atoms with Gasteiger partial charge in [0.15, 0.2) is 0 Å². The van der Waals surface area contributed by atoms with E-state index in [-0.39, 0.29) is 0 Å². The van der Waals surface area contributed by atoms with E-state index in [1.165, 1.54) is 25.7 Å². The van der Waals surface area contributed by atoms with Crippen molar-refractivity contribution < 1.29 is 19.0 Å². The summed E-state index contributed by atoms with van der Waals surface area (Å²) in [6.45, 7) is 9.57. The van der Waals surface area contributed by atoms with Gasteiger partial charge >= 0.3 is 5.97 Å². The van der Waals surface area contributed by atoms with Gasteiger partial charge in [-0.3, -0.25) is 0 Å². The molecule has 0 unspecified atom stereocenters. The Labute approximate surface area is 210 Å². The van der Waals surface area contributed by atoms with E-state index < -0.39 is 5.97 Å². The molecule has 0 fully saturated rings. The lowest BCUT2D eigenvalue weighted by molar-refractivity contribution is 0.0728. The first-order valence-corrected chi connectivity index (χ1v) is 13.2. The van der Waals surface area contributed by atoms with Crippen LogP contribution in [-0.2, 0) is 0 Å². The molecule has 0 aliphatic heterocycles. The summed E-state index contributed by atoms with van der Waals surface area (Å²) in [6, 6.07) is 15.5. The molecule has 4 nitrogen and oxygen atoms in total. The number of fused-ring (bicyclic) bond motifs is 1. The van der Waals surface area contributed by atoms with E-state index in [0.29, 0.717) is 36.0 Å². The van der Waals surface area contributed by atoms with E-state index >= 15 is 0 Å². The first-order valence-electron chi connectivity index (χ1n) is 13.2. The van der Waals surface area contributed by atoms with Crippen LogP contribution in [-0.4, -0.2) is 19.2 Å². The Morgan fingerprint density at radius 3 is 2.09 bits per heavy atom. The molecule has 0 aromatic heterocycles. The quantitative estimate of drug-likeness (QED) is 0.133. The maximum absolute atomic E-state index is 13.4. The Morgan fingerprint density at radius 1 is 0.714 bits per heavy atom. The summed E-state index contributed by atoms with van der Waals surface area (Å²) in [5.74, 6) is 1.40. The molecular weight excluding hydrogens is 436 g/mol. The highest BCUT2D eigenvalue weighted by molar-refractivity contribution is 6.05. The fourth-order valence-electron chi connectivity index (χ4n) is 4.15. The van der Waals surface area contributed by atoms with Gasteiger partial charge in [0, 0.05) is 10.8 Å². The Bertz CT molecular complexity index is 1100. The third-order valence-corrected chi connectivity index (χ3v) is 6.22.